The number of allylic oxidation sites excluding steroid dienone is 1. The Balaban J connectivity index is 2.33. The Bertz CT molecular complexity index is 925. The highest BCUT2D eigenvalue weighted by Gasteiger charge is 2.43. The maximum Gasteiger partial charge on any atom is 0.408 e. The van der Waals surface area contributed by atoms with Gasteiger partial charge in [-0.1, -0.05) is 42.5 Å². The highest BCUT2D eigenvalue weighted by molar-refractivity contribution is 5.94. The molecule has 0 spiro atoms. The van der Waals surface area contributed by atoms with E-state index in [9.17, 15) is 19.2 Å². The molecule has 0 saturated carbocycles. The molecule has 35 heavy (non-hydrogen) atoms. The Morgan fingerprint density at radius 3 is 2.49 bits per heavy atom. The van der Waals surface area contributed by atoms with Crippen molar-refractivity contribution < 1.29 is 28.7 Å². The molecular weight excluding hydrogens is 450 g/mol. The number of nitrogens with one attached hydrogen (secondary N) is 2. The van der Waals surface area contributed by atoms with Crippen molar-refractivity contribution in [3.05, 3.63) is 48.0 Å². The summed E-state index contributed by atoms with van der Waals surface area (Å²) in [6.07, 6.45) is 4.16. The Hall–Kier alpha value is -3.36. The molecule has 1 heterocycles. The van der Waals surface area contributed by atoms with Crippen LogP contribution >= 0.6 is 0 Å². The summed E-state index contributed by atoms with van der Waals surface area (Å²) in [7, 11) is 0. The highest BCUT2D eigenvalue weighted by atomic mass is 16.6. The zero-order chi connectivity index (χ0) is 26.1. The quantitative estimate of drug-likeness (QED) is 0.451. The van der Waals surface area contributed by atoms with E-state index in [-0.39, 0.29) is 19.7 Å². The Morgan fingerprint density at radius 2 is 1.86 bits per heavy atom. The van der Waals surface area contributed by atoms with E-state index in [1.165, 1.54) is 4.90 Å². The molecule has 9 nitrogen and oxygen atoms in total. The van der Waals surface area contributed by atoms with Gasteiger partial charge in [-0.25, -0.2) is 9.59 Å². The number of hydrogen-bond acceptors (Lipinski definition) is 6. The van der Waals surface area contributed by atoms with Crippen LogP contribution < -0.4 is 10.6 Å². The number of alkyl carbamates (subject to hydrolysis) is 1. The van der Waals surface area contributed by atoms with Gasteiger partial charge in [-0.2, -0.15) is 0 Å². The Morgan fingerprint density at radius 1 is 1.17 bits per heavy atom. The number of carbonyl (C=O) groups excluding carboxylic acids is 4. The predicted molar refractivity (Wildman–Crippen MR) is 131 cm³/mol. The van der Waals surface area contributed by atoms with Crippen LogP contribution in [-0.2, 0) is 30.4 Å². The average molecular weight is 488 g/mol. The molecule has 0 aliphatic carbocycles. The monoisotopic (exact) mass is 487 g/mol. The first-order valence-electron chi connectivity index (χ1n) is 11.9. The van der Waals surface area contributed by atoms with Crippen molar-refractivity contribution in [1.29, 1.82) is 0 Å². The van der Waals surface area contributed by atoms with Crippen LogP contribution in [0.3, 0.4) is 0 Å². The van der Waals surface area contributed by atoms with Crippen LogP contribution in [0.2, 0.25) is 0 Å². The van der Waals surface area contributed by atoms with Crippen LogP contribution in [0.4, 0.5) is 4.79 Å². The van der Waals surface area contributed by atoms with E-state index in [4.69, 9.17) is 9.47 Å². The van der Waals surface area contributed by atoms with Crippen LogP contribution in [0.15, 0.2) is 42.5 Å². The van der Waals surface area contributed by atoms with Gasteiger partial charge in [-0.3, -0.25) is 9.59 Å². The smallest absolute Gasteiger partial charge is 0.408 e. The number of rotatable bonds is 7. The molecule has 1 aromatic carbocycles. The van der Waals surface area contributed by atoms with Gasteiger partial charge in [0.25, 0.3) is 0 Å². The fourth-order valence-corrected chi connectivity index (χ4v) is 3.72. The molecule has 0 fully saturated rings. The van der Waals surface area contributed by atoms with Gasteiger partial charge in [0.2, 0.25) is 11.8 Å². The van der Waals surface area contributed by atoms with Crippen molar-refractivity contribution in [3.8, 4) is 0 Å². The molecule has 2 N–H and O–H groups in total. The van der Waals surface area contributed by atoms with Crippen molar-refractivity contribution in [2.75, 3.05) is 13.2 Å². The number of nitrogens with zero attached hydrogens (tertiary/aromatic N) is 1. The third-order valence-corrected chi connectivity index (χ3v) is 5.57. The fourth-order valence-electron chi connectivity index (χ4n) is 3.72. The number of amides is 3. The van der Waals surface area contributed by atoms with Gasteiger partial charge in [-0.05, 0) is 59.4 Å². The van der Waals surface area contributed by atoms with Gasteiger partial charge >= 0.3 is 12.1 Å². The summed E-state index contributed by atoms with van der Waals surface area (Å²) in [6.45, 7) is 8.56. The van der Waals surface area contributed by atoms with Gasteiger partial charge in [0.15, 0.2) is 0 Å². The van der Waals surface area contributed by atoms with E-state index in [0.717, 1.165) is 5.56 Å². The van der Waals surface area contributed by atoms with E-state index in [1.807, 2.05) is 42.5 Å². The number of hydrogen-bond donors (Lipinski definition) is 2. The lowest BCUT2D eigenvalue weighted by Crippen LogP contribution is -2.62. The summed E-state index contributed by atoms with van der Waals surface area (Å²) in [4.78, 5) is 53.0. The van der Waals surface area contributed by atoms with Crippen molar-refractivity contribution in [1.82, 2.24) is 15.5 Å². The lowest BCUT2D eigenvalue weighted by atomic mass is 9.91. The summed E-state index contributed by atoms with van der Waals surface area (Å²) in [5, 5.41) is 5.27. The van der Waals surface area contributed by atoms with Crippen molar-refractivity contribution in [2.24, 2.45) is 0 Å². The first-order chi connectivity index (χ1) is 16.5. The van der Waals surface area contributed by atoms with Gasteiger partial charge < -0.3 is 25.0 Å². The van der Waals surface area contributed by atoms with Gasteiger partial charge in [-0.15, -0.1) is 0 Å². The molecule has 1 aromatic rings. The molecule has 0 unspecified atom stereocenters. The minimum absolute atomic E-state index is 0.146. The van der Waals surface area contributed by atoms with Crippen LogP contribution in [-0.4, -0.2) is 59.1 Å². The van der Waals surface area contributed by atoms with Crippen molar-refractivity contribution >= 4 is 23.9 Å². The van der Waals surface area contributed by atoms with E-state index in [0.29, 0.717) is 19.3 Å². The number of esters is 1. The van der Waals surface area contributed by atoms with E-state index >= 15 is 0 Å². The van der Waals surface area contributed by atoms with Crippen molar-refractivity contribution in [3.63, 3.8) is 0 Å². The second-order valence-electron chi connectivity index (χ2n) is 9.62. The summed E-state index contributed by atoms with van der Waals surface area (Å²) in [6, 6.07) is 8.43. The van der Waals surface area contributed by atoms with E-state index in [2.05, 4.69) is 10.6 Å². The maximum atomic E-state index is 13.6. The number of benzene rings is 1. The zero-order valence-electron chi connectivity index (χ0n) is 21.3. The zero-order valence-corrected chi connectivity index (χ0v) is 21.3. The predicted octanol–water partition coefficient (Wildman–Crippen LogP) is 3.09. The molecule has 192 valence electrons. The third-order valence-electron chi connectivity index (χ3n) is 5.57. The lowest BCUT2D eigenvalue weighted by molar-refractivity contribution is -0.152. The molecule has 1 aliphatic heterocycles. The Kier molecular flexibility index (Phi) is 9.86. The van der Waals surface area contributed by atoms with Gasteiger partial charge in [0.05, 0.1) is 6.61 Å². The molecule has 3 amide bonds. The normalized spacial score (nSPS) is 21.4. The molecular formula is C26H37N3O6. The molecule has 2 atom stereocenters. The molecule has 0 aromatic heterocycles. The van der Waals surface area contributed by atoms with Gasteiger partial charge in [0.1, 0.15) is 23.7 Å². The number of ether oxygens (including phenoxy) is 2. The summed E-state index contributed by atoms with van der Waals surface area (Å²) >= 11 is 0. The Labute approximate surface area is 207 Å². The summed E-state index contributed by atoms with van der Waals surface area (Å²) in [5.74, 6) is -1.43. The van der Waals surface area contributed by atoms with Gasteiger partial charge in [0, 0.05) is 6.54 Å². The summed E-state index contributed by atoms with van der Waals surface area (Å²) < 4.78 is 10.3. The standard InChI is InChI=1S/C26H37N3O6/c1-6-34-22(31)20-15-11-8-12-16-26(5,23(32)28-20)29(18-19-13-9-7-10-14-19)21(30)17-27-24(33)35-25(2,3)4/h7-11,13-14,20H,6,12,15-18H2,1-5H3,(H,27,33)(H,28,32)/b11-8-/t20-,26-/m0/s1. The topological polar surface area (TPSA) is 114 Å². The fraction of sp³-hybridized carbons (Fsp3) is 0.538. The lowest BCUT2D eigenvalue weighted by Gasteiger charge is -2.40. The summed E-state index contributed by atoms with van der Waals surface area (Å²) in [5.41, 5.74) is -1.18. The maximum absolute atomic E-state index is 13.6. The van der Waals surface area contributed by atoms with Crippen molar-refractivity contribution in [2.45, 2.75) is 77.6 Å². The second kappa shape index (κ2) is 12.4. The van der Waals surface area contributed by atoms with E-state index in [1.54, 1.807) is 34.6 Å². The molecule has 2 rings (SSSR count). The van der Waals surface area contributed by atoms with E-state index < -0.39 is 41.1 Å². The first-order valence-corrected chi connectivity index (χ1v) is 11.9. The first kappa shape index (κ1) is 27.9. The van der Waals surface area contributed by atoms with Crippen LogP contribution in [0, 0.1) is 0 Å². The second-order valence-corrected chi connectivity index (χ2v) is 9.62. The van der Waals surface area contributed by atoms with Crippen LogP contribution in [0.25, 0.3) is 0 Å². The third kappa shape index (κ3) is 8.42. The van der Waals surface area contributed by atoms with Crippen LogP contribution in [0.1, 0.15) is 59.4 Å². The molecule has 0 radical (unpaired) electrons. The molecule has 9 heteroatoms. The highest BCUT2D eigenvalue weighted by Crippen LogP contribution is 2.26. The molecule has 0 bridgehead atoms. The minimum atomic E-state index is -1.29. The molecule has 0 saturated heterocycles. The minimum Gasteiger partial charge on any atom is -0.464 e. The van der Waals surface area contributed by atoms with Crippen LogP contribution in [0.5, 0.6) is 0 Å². The SMILES string of the molecule is CCOC(=O)[C@@H]1C/C=C\CC[C@](C)(N(Cc2ccccc2)C(=O)CNC(=O)OC(C)(C)C)C(=O)N1. The number of carbonyl (C=O) groups is 4. The average Bonchev–Trinajstić information content (AvgIpc) is 2.86. The molecule has 1 aliphatic rings. The largest absolute Gasteiger partial charge is 0.464 e.